The van der Waals surface area contributed by atoms with E-state index in [1.807, 2.05) is 0 Å². The number of carbonyl (C=O) groups is 1. The second-order valence-corrected chi connectivity index (χ2v) is 5.34. The fraction of sp³-hybridized carbons (Fsp3) is 0.158. The van der Waals surface area contributed by atoms with Crippen LogP contribution in [0.5, 0.6) is 0 Å². The SMILES string of the molecule is CCOC(=O)c1c(C)n(-c2ccc(F)cc2)c(=O)c2ccccc12. The van der Waals surface area contributed by atoms with E-state index >= 15 is 0 Å². The van der Waals surface area contributed by atoms with Gasteiger partial charge in [-0.15, -0.1) is 0 Å². The number of nitrogens with zero attached hydrogens (tertiary/aromatic N) is 1. The molecule has 0 unspecified atom stereocenters. The first-order valence-corrected chi connectivity index (χ1v) is 7.62. The molecule has 0 N–H and O–H groups in total. The van der Waals surface area contributed by atoms with Gasteiger partial charge in [0.15, 0.2) is 0 Å². The van der Waals surface area contributed by atoms with Crippen molar-refractivity contribution in [2.75, 3.05) is 6.61 Å². The highest BCUT2D eigenvalue weighted by molar-refractivity contribution is 6.05. The van der Waals surface area contributed by atoms with Gasteiger partial charge in [-0.25, -0.2) is 9.18 Å². The summed E-state index contributed by atoms with van der Waals surface area (Å²) in [7, 11) is 0. The summed E-state index contributed by atoms with van der Waals surface area (Å²) >= 11 is 0. The van der Waals surface area contributed by atoms with E-state index < -0.39 is 11.8 Å². The number of pyridine rings is 1. The average Bonchev–Trinajstić information content (AvgIpc) is 2.57. The molecule has 0 atom stereocenters. The number of halogens is 1. The minimum absolute atomic E-state index is 0.238. The van der Waals surface area contributed by atoms with Crippen LogP contribution in [-0.4, -0.2) is 17.1 Å². The van der Waals surface area contributed by atoms with Crippen LogP contribution >= 0.6 is 0 Å². The Morgan fingerprint density at radius 2 is 1.71 bits per heavy atom. The summed E-state index contributed by atoms with van der Waals surface area (Å²) in [6.45, 7) is 3.65. The van der Waals surface area contributed by atoms with E-state index in [9.17, 15) is 14.0 Å². The molecule has 0 amide bonds. The van der Waals surface area contributed by atoms with Crippen LogP contribution in [-0.2, 0) is 4.74 Å². The molecule has 0 spiro atoms. The summed E-state index contributed by atoms with van der Waals surface area (Å²) in [4.78, 5) is 25.3. The number of rotatable bonds is 3. The molecule has 0 aliphatic carbocycles. The minimum atomic E-state index is -0.484. The number of benzene rings is 2. The monoisotopic (exact) mass is 325 g/mol. The zero-order chi connectivity index (χ0) is 17.3. The second kappa shape index (κ2) is 6.28. The van der Waals surface area contributed by atoms with E-state index in [0.717, 1.165) is 0 Å². The molecule has 0 saturated heterocycles. The van der Waals surface area contributed by atoms with Crippen LogP contribution in [0.15, 0.2) is 53.3 Å². The van der Waals surface area contributed by atoms with E-state index in [0.29, 0.717) is 27.7 Å². The van der Waals surface area contributed by atoms with Crippen LogP contribution in [0.3, 0.4) is 0 Å². The van der Waals surface area contributed by atoms with Gasteiger partial charge in [-0.1, -0.05) is 18.2 Å². The number of aromatic nitrogens is 1. The molecule has 122 valence electrons. The van der Waals surface area contributed by atoms with Gasteiger partial charge in [0.2, 0.25) is 0 Å². The highest BCUT2D eigenvalue weighted by atomic mass is 19.1. The van der Waals surface area contributed by atoms with Crippen molar-refractivity contribution < 1.29 is 13.9 Å². The number of hydrogen-bond donors (Lipinski definition) is 0. The van der Waals surface area contributed by atoms with Gasteiger partial charge in [0.05, 0.1) is 12.2 Å². The van der Waals surface area contributed by atoms with E-state index in [2.05, 4.69) is 0 Å². The summed E-state index contributed by atoms with van der Waals surface area (Å²) < 4.78 is 19.8. The first-order valence-electron chi connectivity index (χ1n) is 7.62. The van der Waals surface area contributed by atoms with Crippen molar-refractivity contribution in [1.29, 1.82) is 0 Å². The van der Waals surface area contributed by atoms with Crippen molar-refractivity contribution in [3.8, 4) is 5.69 Å². The third-order valence-electron chi connectivity index (χ3n) is 3.89. The van der Waals surface area contributed by atoms with E-state index in [1.165, 1.54) is 28.8 Å². The van der Waals surface area contributed by atoms with Gasteiger partial charge in [0, 0.05) is 22.2 Å². The zero-order valence-electron chi connectivity index (χ0n) is 13.4. The molecule has 0 radical (unpaired) electrons. The Hall–Kier alpha value is -2.95. The second-order valence-electron chi connectivity index (χ2n) is 5.34. The van der Waals surface area contributed by atoms with Crippen molar-refractivity contribution in [3.05, 3.63) is 76.0 Å². The molecule has 4 nitrogen and oxygen atoms in total. The maximum atomic E-state index is 13.2. The standard InChI is InChI=1S/C19H16FNO3/c1-3-24-19(23)17-12(2)21(14-10-8-13(20)9-11-14)18(22)16-7-5-4-6-15(16)17/h4-11H,3H2,1-2H3. The molecular weight excluding hydrogens is 309 g/mol. The van der Waals surface area contributed by atoms with Gasteiger partial charge >= 0.3 is 5.97 Å². The molecule has 1 heterocycles. The molecule has 0 bridgehead atoms. The van der Waals surface area contributed by atoms with Gasteiger partial charge in [-0.2, -0.15) is 0 Å². The maximum absolute atomic E-state index is 13.2. The van der Waals surface area contributed by atoms with Gasteiger partial charge in [0.1, 0.15) is 5.82 Å². The van der Waals surface area contributed by atoms with Crippen molar-refractivity contribution in [2.45, 2.75) is 13.8 Å². The largest absolute Gasteiger partial charge is 0.462 e. The molecule has 0 saturated carbocycles. The van der Waals surface area contributed by atoms with Crippen molar-refractivity contribution >= 4 is 16.7 Å². The lowest BCUT2D eigenvalue weighted by Gasteiger charge is -2.16. The van der Waals surface area contributed by atoms with Gasteiger partial charge in [0.25, 0.3) is 5.56 Å². The van der Waals surface area contributed by atoms with Crippen LogP contribution in [0.4, 0.5) is 4.39 Å². The predicted octanol–water partition coefficient (Wildman–Crippen LogP) is 3.61. The highest BCUT2D eigenvalue weighted by Crippen LogP contribution is 2.23. The predicted molar refractivity (Wildman–Crippen MR) is 90.2 cm³/mol. The van der Waals surface area contributed by atoms with Gasteiger partial charge < -0.3 is 4.74 Å². The first-order chi connectivity index (χ1) is 11.5. The summed E-state index contributed by atoms with van der Waals surface area (Å²) in [6, 6.07) is 12.5. The van der Waals surface area contributed by atoms with Crippen LogP contribution in [0.2, 0.25) is 0 Å². The van der Waals surface area contributed by atoms with E-state index in [4.69, 9.17) is 4.74 Å². The highest BCUT2D eigenvalue weighted by Gasteiger charge is 2.20. The Kier molecular flexibility index (Phi) is 4.16. The minimum Gasteiger partial charge on any atom is -0.462 e. The molecule has 0 aliphatic rings. The Balaban J connectivity index is 2.40. The van der Waals surface area contributed by atoms with Gasteiger partial charge in [-0.05, 0) is 44.2 Å². The molecule has 1 aromatic heterocycles. The quantitative estimate of drug-likeness (QED) is 0.691. The average molecular weight is 325 g/mol. The number of carbonyl (C=O) groups excluding carboxylic acids is 1. The summed E-state index contributed by atoms with van der Waals surface area (Å²) in [5, 5.41) is 0.965. The van der Waals surface area contributed by atoms with E-state index in [1.54, 1.807) is 38.1 Å². The smallest absolute Gasteiger partial charge is 0.340 e. The molecule has 3 rings (SSSR count). The Labute approximate surface area is 138 Å². The summed E-state index contributed by atoms with van der Waals surface area (Å²) in [5.74, 6) is -0.877. The number of esters is 1. The zero-order valence-corrected chi connectivity index (χ0v) is 13.4. The molecule has 5 heteroatoms. The summed E-state index contributed by atoms with van der Waals surface area (Å²) in [5.41, 5.74) is 1.04. The lowest BCUT2D eigenvalue weighted by atomic mass is 10.0. The fourth-order valence-corrected chi connectivity index (χ4v) is 2.83. The normalized spacial score (nSPS) is 10.8. The van der Waals surface area contributed by atoms with Crippen LogP contribution in [0.1, 0.15) is 23.0 Å². The lowest BCUT2D eigenvalue weighted by Crippen LogP contribution is -2.24. The van der Waals surface area contributed by atoms with E-state index in [-0.39, 0.29) is 12.2 Å². The van der Waals surface area contributed by atoms with Crippen LogP contribution in [0.25, 0.3) is 16.5 Å². The van der Waals surface area contributed by atoms with Crippen molar-refractivity contribution in [2.24, 2.45) is 0 Å². The Bertz CT molecular complexity index is 974. The molecule has 0 aliphatic heterocycles. The van der Waals surface area contributed by atoms with Crippen LogP contribution < -0.4 is 5.56 Å². The molecular formula is C19H16FNO3. The third-order valence-corrected chi connectivity index (χ3v) is 3.89. The Morgan fingerprint density at radius 1 is 1.08 bits per heavy atom. The summed E-state index contributed by atoms with van der Waals surface area (Å²) in [6.07, 6.45) is 0. The third kappa shape index (κ3) is 2.58. The van der Waals surface area contributed by atoms with Gasteiger partial charge in [-0.3, -0.25) is 9.36 Å². The number of hydrogen-bond acceptors (Lipinski definition) is 3. The number of fused-ring (bicyclic) bond motifs is 1. The molecule has 3 aromatic rings. The van der Waals surface area contributed by atoms with Crippen molar-refractivity contribution in [3.63, 3.8) is 0 Å². The first kappa shape index (κ1) is 15.9. The lowest BCUT2D eigenvalue weighted by molar-refractivity contribution is 0.0527. The molecule has 2 aromatic carbocycles. The Morgan fingerprint density at radius 3 is 2.33 bits per heavy atom. The fourth-order valence-electron chi connectivity index (χ4n) is 2.83. The van der Waals surface area contributed by atoms with Crippen molar-refractivity contribution in [1.82, 2.24) is 4.57 Å². The number of ether oxygens (including phenoxy) is 1. The molecule has 24 heavy (non-hydrogen) atoms. The topological polar surface area (TPSA) is 48.3 Å². The maximum Gasteiger partial charge on any atom is 0.340 e. The van der Waals surface area contributed by atoms with Crippen LogP contribution in [0, 0.1) is 12.7 Å². The molecule has 0 fully saturated rings.